The Kier molecular flexibility index (Phi) is 5.29. The molecule has 0 saturated heterocycles. The first kappa shape index (κ1) is 15.4. The van der Waals surface area contributed by atoms with Crippen LogP contribution in [0.25, 0.3) is 0 Å². The van der Waals surface area contributed by atoms with Crippen molar-refractivity contribution in [3.63, 3.8) is 0 Å². The van der Waals surface area contributed by atoms with E-state index < -0.39 is 16.9 Å². The summed E-state index contributed by atoms with van der Waals surface area (Å²) in [6.45, 7) is 3.57. The largest absolute Gasteiger partial charge is 0.481 e. The van der Waals surface area contributed by atoms with Gasteiger partial charge < -0.3 is 10.4 Å². The number of nitrogens with one attached hydrogen (secondary N) is 1. The first-order valence-corrected chi connectivity index (χ1v) is 6.59. The van der Waals surface area contributed by atoms with E-state index in [0.717, 1.165) is 5.56 Å². The smallest absolute Gasteiger partial charge is 0.305 e. The first-order chi connectivity index (χ1) is 8.85. The molecule has 0 radical (unpaired) electrons. The second kappa shape index (κ2) is 6.51. The Bertz CT molecular complexity index is 505. The van der Waals surface area contributed by atoms with Crippen molar-refractivity contribution in [3.05, 3.63) is 32.3 Å². The Hall–Kier alpha value is -1.63. The number of rotatable bonds is 6. The van der Waals surface area contributed by atoms with Crippen LogP contribution in [0.2, 0.25) is 0 Å². The SMILES string of the molecule is CCc1cc(Br)c(NC(C)CC(=O)O)c([N+](=O)[O-])c1. The molecule has 0 spiro atoms. The van der Waals surface area contributed by atoms with Crippen LogP contribution in [0.1, 0.15) is 25.8 Å². The number of anilines is 1. The number of nitrogens with zero attached hydrogens (tertiary/aromatic N) is 1. The van der Waals surface area contributed by atoms with E-state index in [9.17, 15) is 14.9 Å². The van der Waals surface area contributed by atoms with Gasteiger partial charge in [0.1, 0.15) is 5.69 Å². The van der Waals surface area contributed by atoms with Gasteiger partial charge in [0.15, 0.2) is 0 Å². The van der Waals surface area contributed by atoms with Gasteiger partial charge in [0.2, 0.25) is 0 Å². The highest BCUT2D eigenvalue weighted by atomic mass is 79.9. The van der Waals surface area contributed by atoms with E-state index in [1.165, 1.54) is 6.07 Å². The topological polar surface area (TPSA) is 92.5 Å². The summed E-state index contributed by atoms with van der Waals surface area (Å²) in [5.41, 5.74) is 1.11. The maximum Gasteiger partial charge on any atom is 0.305 e. The average Bonchev–Trinajstić information content (AvgIpc) is 2.29. The molecule has 1 unspecified atom stereocenters. The number of hydrogen-bond donors (Lipinski definition) is 2. The molecule has 0 fully saturated rings. The fourth-order valence-electron chi connectivity index (χ4n) is 1.70. The van der Waals surface area contributed by atoms with Crippen molar-refractivity contribution < 1.29 is 14.8 Å². The molecule has 1 aromatic carbocycles. The number of carboxylic acids is 1. The molecular formula is C12H15BrN2O4. The van der Waals surface area contributed by atoms with Gasteiger partial charge in [-0.3, -0.25) is 14.9 Å². The van der Waals surface area contributed by atoms with Crippen molar-refractivity contribution in [2.45, 2.75) is 32.7 Å². The second-order valence-electron chi connectivity index (χ2n) is 4.23. The normalized spacial score (nSPS) is 11.9. The van der Waals surface area contributed by atoms with E-state index in [-0.39, 0.29) is 12.1 Å². The molecule has 1 aromatic rings. The number of halogens is 1. The Morgan fingerprint density at radius 2 is 2.21 bits per heavy atom. The van der Waals surface area contributed by atoms with Crippen molar-refractivity contribution in [2.75, 3.05) is 5.32 Å². The number of benzene rings is 1. The van der Waals surface area contributed by atoms with Gasteiger partial charge in [-0.1, -0.05) is 6.92 Å². The minimum absolute atomic E-state index is 0.0523. The van der Waals surface area contributed by atoms with Crippen LogP contribution < -0.4 is 5.32 Å². The quantitative estimate of drug-likeness (QED) is 0.617. The van der Waals surface area contributed by atoms with E-state index in [2.05, 4.69) is 21.2 Å². The van der Waals surface area contributed by atoms with Gasteiger partial charge in [0.25, 0.3) is 5.69 Å². The van der Waals surface area contributed by atoms with Gasteiger partial charge in [-0.15, -0.1) is 0 Å². The van der Waals surface area contributed by atoms with E-state index in [4.69, 9.17) is 5.11 Å². The van der Waals surface area contributed by atoms with Crippen LogP contribution >= 0.6 is 15.9 Å². The molecule has 1 rings (SSSR count). The summed E-state index contributed by atoms with van der Waals surface area (Å²) in [5.74, 6) is -0.955. The molecule has 0 aromatic heterocycles. The fraction of sp³-hybridized carbons (Fsp3) is 0.417. The maximum absolute atomic E-state index is 11.1. The molecule has 0 aliphatic heterocycles. The lowest BCUT2D eigenvalue weighted by molar-refractivity contribution is -0.384. The summed E-state index contributed by atoms with van der Waals surface area (Å²) in [6, 6.07) is 2.89. The van der Waals surface area contributed by atoms with E-state index in [1.807, 2.05) is 6.92 Å². The zero-order valence-electron chi connectivity index (χ0n) is 10.6. The predicted octanol–water partition coefficient (Wildman–Crippen LogP) is 3.19. The zero-order valence-corrected chi connectivity index (χ0v) is 12.2. The van der Waals surface area contributed by atoms with Gasteiger partial charge in [0, 0.05) is 16.6 Å². The van der Waals surface area contributed by atoms with Gasteiger partial charge in [0.05, 0.1) is 11.3 Å². The van der Waals surface area contributed by atoms with Crippen LogP contribution in [0.5, 0.6) is 0 Å². The Morgan fingerprint density at radius 1 is 1.58 bits per heavy atom. The van der Waals surface area contributed by atoms with Gasteiger partial charge in [-0.25, -0.2) is 0 Å². The third-order valence-corrected chi connectivity index (χ3v) is 3.23. The minimum Gasteiger partial charge on any atom is -0.481 e. The summed E-state index contributed by atoms with van der Waals surface area (Å²) < 4.78 is 0.566. The fourth-order valence-corrected chi connectivity index (χ4v) is 2.31. The number of aliphatic carboxylic acids is 1. The molecular weight excluding hydrogens is 316 g/mol. The molecule has 19 heavy (non-hydrogen) atoms. The molecule has 6 nitrogen and oxygen atoms in total. The molecule has 0 amide bonds. The van der Waals surface area contributed by atoms with Crippen LogP contribution in [0.3, 0.4) is 0 Å². The van der Waals surface area contributed by atoms with Crippen LogP contribution in [0.15, 0.2) is 16.6 Å². The third kappa shape index (κ3) is 4.20. The van der Waals surface area contributed by atoms with Crippen molar-refractivity contribution in [1.82, 2.24) is 0 Å². The molecule has 1 atom stereocenters. The lowest BCUT2D eigenvalue weighted by Gasteiger charge is -2.15. The molecule has 104 valence electrons. The Balaban J connectivity index is 3.11. The van der Waals surface area contributed by atoms with Crippen LogP contribution in [-0.4, -0.2) is 22.0 Å². The Labute approximate surface area is 119 Å². The highest BCUT2D eigenvalue weighted by Gasteiger charge is 2.20. The molecule has 0 saturated carbocycles. The number of hydrogen-bond acceptors (Lipinski definition) is 4. The molecule has 0 aliphatic carbocycles. The summed E-state index contributed by atoms with van der Waals surface area (Å²) in [6.07, 6.45) is 0.573. The average molecular weight is 331 g/mol. The van der Waals surface area contributed by atoms with Crippen molar-refractivity contribution in [1.29, 1.82) is 0 Å². The number of aryl methyl sites for hydroxylation is 1. The zero-order chi connectivity index (χ0) is 14.6. The highest BCUT2D eigenvalue weighted by molar-refractivity contribution is 9.10. The summed E-state index contributed by atoms with van der Waals surface area (Å²) >= 11 is 3.29. The Morgan fingerprint density at radius 3 is 2.68 bits per heavy atom. The van der Waals surface area contributed by atoms with E-state index >= 15 is 0 Å². The monoisotopic (exact) mass is 330 g/mol. The third-order valence-electron chi connectivity index (χ3n) is 2.61. The van der Waals surface area contributed by atoms with Crippen LogP contribution in [0, 0.1) is 10.1 Å². The van der Waals surface area contributed by atoms with E-state index in [0.29, 0.717) is 16.6 Å². The summed E-state index contributed by atoms with van der Waals surface area (Å²) in [4.78, 5) is 21.2. The molecule has 0 heterocycles. The van der Waals surface area contributed by atoms with Crippen LogP contribution in [0.4, 0.5) is 11.4 Å². The van der Waals surface area contributed by atoms with Crippen molar-refractivity contribution >= 4 is 33.3 Å². The number of carbonyl (C=O) groups is 1. The predicted molar refractivity (Wildman–Crippen MR) is 75.5 cm³/mol. The van der Waals surface area contributed by atoms with Crippen molar-refractivity contribution in [3.8, 4) is 0 Å². The van der Waals surface area contributed by atoms with Gasteiger partial charge in [-0.2, -0.15) is 0 Å². The highest BCUT2D eigenvalue weighted by Crippen LogP contribution is 2.34. The molecule has 7 heteroatoms. The summed E-state index contributed by atoms with van der Waals surface area (Å²) in [5, 5.41) is 22.7. The van der Waals surface area contributed by atoms with Gasteiger partial charge in [-0.05, 0) is 40.9 Å². The molecule has 0 bridgehead atoms. The molecule has 2 N–H and O–H groups in total. The standard InChI is InChI=1S/C12H15BrN2O4/c1-3-8-5-9(13)12(10(6-8)15(18)19)14-7(2)4-11(16)17/h5-7,14H,3-4H2,1-2H3,(H,16,17). The molecule has 0 aliphatic rings. The van der Waals surface area contributed by atoms with Crippen LogP contribution in [-0.2, 0) is 11.2 Å². The first-order valence-electron chi connectivity index (χ1n) is 5.80. The van der Waals surface area contributed by atoms with Crippen molar-refractivity contribution in [2.24, 2.45) is 0 Å². The van der Waals surface area contributed by atoms with Gasteiger partial charge >= 0.3 is 5.97 Å². The number of nitro groups is 1. The maximum atomic E-state index is 11.1. The minimum atomic E-state index is -0.955. The number of nitro benzene ring substituents is 1. The lowest BCUT2D eigenvalue weighted by Crippen LogP contribution is -2.20. The summed E-state index contributed by atoms with van der Waals surface area (Å²) in [7, 11) is 0. The number of carboxylic acid groups (broad SMARTS) is 1. The second-order valence-corrected chi connectivity index (χ2v) is 5.08. The van der Waals surface area contributed by atoms with E-state index in [1.54, 1.807) is 13.0 Å². The lowest BCUT2D eigenvalue weighted by atomic mass is 10.1.